The fourth-order valence-corrected chi connectivity index (χ4v) is 1.91. The highest BCUT2D eigenvalue weighted by molar-refractivity contribution is 5.55. The molecule has 1 rings (SSSR count). The molecule has 19 heavy (non-hydrogen) atoms. The van der Waals surface area contributed by atoms with Crippen molar-refractivity contribution in [2.24, 2.45) is 5.92 Å². The van der Waals surface area contributed by atoms with Crippen molar-refractivity contribution in [2.75, 3.05) is 19.7 Å². The van der Waals surface area contributed by atoms with Crippen LogP contribution in [0.5, 0.6) is 5.75 Å². The van der Waals surface area contributed by atoms with Gasteiger partial charge >= 0.3 is 0 Å². The lowest BCUT2D eigenvalue weighted by Crippen LogP contribution is -2.19. The number of hydrogen-bond donors (Lipinski definition) is 1. The van der Waals surface area contributed by atoms with Crippen LogP contribution in [0.1, 0.15) is 39.7 Å². The van der Waals surface area contributed by atoms with Crippen molar-refractivity contribution in [3.63, 3.8) is 0 Å². The number of ether oxygens (including phenoxy) is 1. The van der Waals surface area contributed by atoms with Crippen LogP contribution in [0.3, 0.4) is 0 Å². The zero-order chi connectivity index (χ0) is 14.1. The molecule has 0 unspecified atom stereocenters. The summed E-state index contributed by atoms with van der Waals surface area (Å²) in [6.07, 6.45) is 3.45. The molecule has 106 valence electrons. The molecule has 2 nitrogen and oxygen atoms in total. The van der Waals surface area contributed by atoms with Crippen LogP contribution in [0.15, 0.2) is 29.8 Å². The van der Waals surface area contributed by atoms with Crippen LogP contribution >= 0.6 is 0 Å². The predicted octanol–water partition coefficient (Wildman–Crippen LogP) is 4.12. The van der Waals surface area contributed by atoms with Crippen LogP contribution in [0.2, 0.25) is 0 Å². The average molecular weight is 261 g/mol. The Hall–Kier alpha value is -1.28. The Balaban J connectivity index is 2.79. The van der Waals surface area contributed by atoms with Gasteiger partial charge in [-0.05, 0) is 43.5 Å². The van der Waals surface area contributed by atoms with Gasteiger partial charge in [-0.15, -0.1) is 0 Å². The maximum atomic E-state index is 5.54. The second-order valence-corrected chi connectivity index (χ2v) is 5.06. The zero-order valence-electron chi connectivity index (χ0n) is 12.7. The first-order valence-electron chi connectivity index (χ1n) is 7.31. The first kappa shape index (κ1) is 15.8. The highest BCUT2D eigenvalue weighted by Gasteiger charge is 2.03. The normalized spacial score (nSPS) is 11.9. The average Bonchev–Trinajstić information content (AvgIpc) is 2.38. The lowest BCUT2D eigenvalue weighted by atomic mass is 10.00. The van der Waals surface area contributed by atoms with E-state index in [-0.39, 0.29) is 0 Å². The molecule has 0 aliphatic heterocycles. The summed E-state index contributed by atoms with van der Waals surface area (Å²) in [7, 11) is 0. The summed E-state index contributed by atoms with van der Waals surface area (Å²) in [5.41, 5.74) is 2.65. The number of rotatable bonds is 8. The second-order valence-electron chi connectivity index (χ2n) is 5.06. The second kappa shape index (κ2) is 8.76. The van der Waals surface area contributed by atoms with Crippen LogP contribution in [0.25, 0.3) is 6.08 Å². The molecule has 2 heteroatoms. The van der Waals surface area contributed by atoms with Crippen LogP contribution in [0, 0.1) is 5.92 Å². The highest BCUT2D eigenvalue weighted by Crippen LogP contribution is 2.18. The molecule has 0 radical (unpaired) electrons. The molecule has 0 spiro atoms. The molecule has 0 atom stereocenters. The van der Waals surface area contributed by atoms with E-state index in [4.69, 9.17) is 4.74 Å². The quantitative estimate of drug-likeness (QED) is 0.711. The standard InChI is InChI=1S/C17H27NO/c1-5-10-18-13-16(14(3)4)11-15-8-7-9-17(12-15)19-6-2/h7-9,11-12,14,18H,5-6,10,13H2,1-4H3. The van der Waals surface area contributed by atoms with E-state index in [9.17, 15) is 0 Å². The van der Waals surface area contributed by atoms with E-state index in [0.29, 0.717) is 12.5 Å². The smallest absolute Gasteiger partial charge is 0.119 e. The van der Waals surface area contributed by atoms with Crippen LogP contribution in [-0.2, 0) is 0 Å². The molecule has 0 bridgehead atoms. The molecule has 0 amide bonds. The van der Waals surface area contributed by atoms with Crippen molar-refractivity contribution < 1.29 is 4.74 Å². The van der Waals surface area contributed by atoms with Crippen molar-refractivity contribution in [1.82, 2.24) is 5.32 Å². The first-order valence-corrected chi connectivity index (χ1v) is 7.31. The Kier molecular flexibility index (Phi) is 7.27. The molecule has 0 aliphatic rings. The van der Waals surface area contributed by atoms with E-state index in [0.717, 1.165) is 18.8 Å². The van der Waals surface area contributed by atoms with Gasteiger partial charge < -0.3 is 10.1 Å². The molecule has 1 aromatic rings. The molecule has 0 saturated carbocycles. The van der Waals surface area contributed by atoms with Gasteiger partial charge in [0.25, 0.3) is 0 Å². The minimum Gasteiger partial charge on any atom is -0.494 e. The molecule has 0 fully saturated rings. The number of benzene rings is 1. The molecule has 0 heterocycles. The maximum absolute atomic E-state index is 5.54. The zero-order valence-corrected chi connectivity index (χ0v) is 12.7. The summed E-state index contributed by atoms with van der Waals surface area (Å²) in [6, 6.07) is 8.29. The Morgan fingerprint density at radius 3 is 2.74 bits per heavy atom. The van der Waals surface area contributed by atoms with Gasteiger partial charge in [0, 0.05) is 6.54 Å². The summed E-state index contributed by atoms with van der Waals surface area (Å²) in [5.74, 6) is 1.50. The molecule has 1 N–H and O–H groups in total. The van der Waals surface area contributed by atoms with Gasteiger partial charge in [-0.3, -0.25) is 0 Å². The van der Waals surface area contributed by atoms with Crippen molar-refractivity contribution in [3.8, 4) is 5.75 Å². The lowest BCUT2D eigenvalue weighted by molar-refractivity contribution is 0.340. The predicted molar refractivity (Wildman–Crippen MR) is 83.6 cm³/mol. The molecular weight excluding hydrogens is 234 g/mol. The van der Waals surface area contributed by atoms with E-state index >= 15 is 0 Å². The van der Waals surface area contributed by atoms with Gasteiger partial charge in [0.15, 0.2) is 0 Å². The van der Waals surface area contributed by atoms with Crippen LogP contribution in [-0.4, -0.2) is 19.7 Å². The van der Waals surface area contributed by atoms with Crippen molar-refractivity contribution in [3.05, 3.63) is 35.4 Å². The third kappa shape index (κ3) is 5.93. The fourth-order valence-electron chi connectivity index (χ4n) is 1.91. The third-order valence-corrected chi connectivity index (χ3v) is 3.02. The van der Waals surface area contributed by atoms with Crippen molar-refractivity contribution >= 4 is 6.08 Å². The number of nitrogens with one attached hydrogen (secondary N) is 1. The van der Waals surface area contributed by atoms with E-state index in [1.54, 1.807) is 0 Å². The van der Waals surface area contributed by atoms with Gasteiger partial charge in [-0.2, -0.15) is 0 Å². The minimum absolute atomic E-state index is 0.556. The lowest BCUT2D eigenvalue weighted by Gasteiger charge is -2.13. The van der Waals surface area contributed by atoms with E-state index in [1.807, 2.05) is 19.1 Å². The van der Waals surface area contributed by atoms with E-state index < -0.39 is 0 Å². The van der Waals surface area contributed by atoms with Gasteiger partial charge in [-0.1, -0.05) is 44.6 Å². The topological polar surface area (TPSA) is 21.3 Å². The summed E-state index contributed by atoms with van der Waals surface area (Å²) in [6.45, 7) is 11.4. The summed E-state index contributed by atoms with van der Waals surface area (Å²) < 4.78 is 5.54. The Bertz CT molecular complexity index is 396. The van der Waals surface area contributed by atoms with E-state index in [2.05, 4.69) is 44.3 Å². The SMILES string of the molecule is CCCNCC(=Cc1cccc(OCC)c1)C(C)C. The van der Waals surface area contributed by atoms with Crippen LogP contribution < -0.4 is 10.1 Å². The third-order valence-electron chi connectivity index (χ3n) is 3.02. The fraction of sp³-hybridized carbons (Fsp3) is 0.529. The van der Waals surface area contributed by atoms with Crippen molar-refractivity contribution in [1.29, 1.82) is 0 Å². The minimum atomic E-state index is 0.556. The maximum Gasteiger partial charge on any atom is 0.119 e. The van der Waals surface area contributed by atoms with Gasteiger partial charge in [0.05, 0.1) is 6.61 Å². The van der Waals surface area contributed by atoms with Gasteiger partial charge in [0.1, 0.15) is 5.75 Å². The van der Waals surface area contributed by atoms with Gasteiger partial charge in [-0.25, -0.2) is 0 Å². The van der Waals surface area contributed by atoms with Gasteiger partial charge in [0.2, 0.25) is 0 Å². The van der Waals surface area contributed by atoms with Crippen LogP contribution in [0.4, 0.5) is 0 Å². The highest BCUT2D eigenvalue weighted by atomic mass is 16.5. The molecule has 0 aliphatic carbocycles. The first-order chi connectivity index (χ1) is 9.17. The van der Waals surface area contributed by atoms with Crippen molar-refractivity contribution in [2.45, 2.75) is 34.1 Å². The Morgan fingerprint density at radius 1 is 1.32 bits per heavy atom. The summed E-state index contributed by atoms with van der Waals surface area (Å²) >= 11 is 0. The summed E-state index contributed by atoms with van der Waals surface area (Å²) in [4.78, 5) is 0. The Morgan fingerprint density at radius 2 is 2.11 bits per heavy atom. The largest absolute Gasteiger partial charge is 0.494 e. The monoisotopic (exact) mass is 261 g/mol. The van der Waals surface area contributed by atoms with E-state index in [1.165, 1.54) is 17.6 Å². The number of hydrogen-bond acceptors (Lipinski definition) is 2. The summed E-state index contributed by atoms with van der Waals surface area (Å²) in [5, 5.41) is 3.48. The molecular formula is C17H27NO. The molecule has 0 aromatic heterocycles. The molecule has 0 saturated heterocycles. The molecule has 1 aromatic carbocycles. The Labute approximate surface area is 117 Å².